The van der Waals surface area contributed by atoms with Crippen molar-refractivity contribution in [2.75, 3.05) is 0 Å². The molecular weight excluding hydrogens is 208 g/mol. The fourth-order valence-electron chi connectivity index (χ4n) is 1.62. The Bertz CT molecular complexity index is 182. The number of carbonyl (C=O) groups is 1. The van der Waals surface area contributed by atoms with E-state index in [0.29, 0.717) is 25.7 Å². The molecule has 0 aliphatic rings. The molecule has 4 nitrogen and oxygen atoms in total. The first-order valence-corrected chi connectivity index (χ1v) is 6.15. The van der Waals surface area contributed by atoms with Crippen molar-refractivity contribution in [1.82, 2.24) is 0 Å². The smallest absolute Gasteiger partial charge is 0.303 e. The van der Waals surface area contributed by atoms with E-state index in [2.05, 4.69) is 6.92 Å². The molecule has 0 aliphatic carbocycles. The van der Waals surface area contributed by atoms with E-state index in [4.69, 9.17) is 5.11 Å². The van der Waals surface area contributed by atoms with Crippen LogP contribution in [0.1, 0.15) is 58.3 Å². The second-order valence-corrected chi connectivity index (χ2v) is 4.27. The van der Waals surface area contributed by atoms with Gasteiger partial charge in [0, 0.05) is 6.42 Å². The number of hydrogen-bond donors (Lipinski definition) is 3. The summed E-state index contributed by atoms with van der Waals surface area (Å²) < 4.78 is 0. The fraction of sp³-hybridized carbons (Fsp3) is 0.917. The van der Waals surface area contributed by atoms with E-state index in [0.717, 1.165) is 19.3 Å². The third kappa shape index (κ3) is 8.68. The monoisotopic (exact) mass is 232 g/mol. The lowest BCUT2D eigenvalue weighted by molar-refractivity contribution is -0.137. The number of hydrogen-bond acceptors (Lipinski definition) is 3. The minimum absolute atomic E-state index is 0.138. The molecule has 0 heterocycles. The van der Waals surface area contributed by atoms with Crippen molar-refractivity contribution in [3.05, 3.63) is 0 Å². The number of aliphatic hydroxyl groups is 2. The van der Waals surface area contributed by atoms with Crippen molar-refractivity contribution in [1.29, 1.82) is 0 Å². The van der Waals surface area contributed by atoms with Crippen LogP contribution in [0.4, 0.5) is 0 Å². The molecule has 4 heteroatoms. The van der Waals surface area contributed by atoms with Crippen molar-refractivity contribution >= 4 is 5.97 Å². The first kappa shape index (κ1) is 15.4. The SMILES string of the molecule is CCCCCC(O)C(O)CCCCC(=O)O. The highest BCUT2D eigenvalue weighted by atomic mass is 16.4. The predicted molar refractivity (Wildman–Crippen MR) is 62.3 cm³/mol. The highest BCUT2D eigenvalue weighted by Crippen LogP contribution is 2.12. The Morgan fingerprint density at radius 2 is 1.50 bits per heavy atom. The summed E-state index contributed by atoms with van der Waals surface area (Å²) in [5, 5.41) is 27.6. The second kappa shape index (κ2) is 9.60. The minimum Gasteiger partial charge on any atom is -0.481 e. The Morgan fingerprint density at radius 3 is 1.94 bits per heavy atom. The zero-order valence-corrected chi connectivity index (χ0v) is 10.1. The average molecular weight is 232 g/mol. The third-order valence-corrected chi connectivity index (χ3v) is 2.69. The van der Waals surface area contributed by atoms with Crippen LogP contribution in [-0.4, -0.2) is 33.5 Å². The van der Waals surface area contributed by atoms with Crippen molar-refractivity contribution in [3.8, 4) is 0 Å². The summed E-state index contributed by atoms with van der Waals surface area (Å²) in [4.78, 5) is 10.2. The summed E-state index contributed by atoms with van der Waals surface area (Å²) in [6.07, 6.45) is 4.22. The summed E-state index contributed by atoms with van der Waals surface area (Å²) in [5.41, 5.74) is 0. The molecule has 0 aromatic rings. The van der Waals surface area contributed by atoms with Crippen LogP contribution in [0.5, 0.6) is 0 Å². The first-order valence-electron chi connectivity index (χ1n) is 6.15. The Labute approximate surface area is 97.3 Å². The van der Waals surface area contributed by atoms with Crippen molar-refractivity contribution in [2.45, 2.75) is 70.5 Å². The number of aliphatic carboxylic acids is 1. The van der Waals surface area contributed by atoms with E-state index in [-0.39, 0.29) is 6.42 Å². The number of unbranched alkanes of at least 4 members (excludes halogenated alkanes) is 3. The molecule has 0 aromatic heterocycles. The van der Waals surface area contributed by atoms with Gasteiger partial charge in [-0.2, -0.15) is 0 Å². The number of carboxylic acids is 1. The summed E-state index contributed by atoms with van der Waals surface area (Å²) in [6.45, 7) is 2.09. The maximum atomic E-state index is 10.2. The van der Waals surface area contributed by atoms with Gasteiger partial charge in [-0.3, -0.25) is 4.79 Å². The molecule has 0 amide bonds. The molecule has 0 saturated heterocycles. The molecule has 2 atom stereocenters. The summed E-state index contributed by atoms with van der Waals surface area (Å²) >= 11 is 0. The molecule has 0 fully saturated rings. The molecule has 0 aromatic carbocycles. The molecule has 96 valence electrons. The van der Waals surface area contributed by atoms with Gasteiger partial charge in [-0.25, -0.2) is 0 Å². The molecule has 0 aliphatic heterocycles. The molecule has 0 rings (SSSR count). The predicted octanol–water partition coefficient (Wildman–Crippen LogP) is 1.93. The highest BCUT2D eigenvalue weighted by molar-refractivity contribution is 5.66. The van der Waals surface area contributed by atoms with Crippen LogP contribution >= 0.6 is 0 Å². The lowest BCUT2D eigenvalue weighted by Crippen LogP contribution is -2.25. The maximum absolute atomic E-state index is 10.2. The van der Waals surface area contributed by atoms with Gasteiger partial charge in [0.1, 0.15) is 0 Å². The first-order chi connectivity index (χ1) is 7.57. The molecule has 0 saturated carbocycles. The standard InChI is InChI=1S/C12H24O4/c1-2-3-4-7-10(13)11(14)8-5-6-9-12(15)16/h10-11,13-14H,2-9H2,1H3,(H,15,16). The van der Waals surface area contributed by atoms with Crippen LogP contribution in [-0.2, 0) is 4.79 Å². The highest BCUT2D eigenvalue weighted by Gasteiger charge is 2.15. The number of rotatable bonds is 10. The molecule has 16 heavy (non-hydrogen) atoms. The lowest BCUT2D eigenvalue weighted by Gasteiger charge is -2.17. The van der Waals surface area contributed by atoms with E-state index < -0.39 is 18.2 Å². The molecule has 2 unspecified atom stereocenters. The van der Waals surface area contributed by atoms with Crippen LogP contribution in [0.3, 0.4) is 0 Å². The van der Waals surface area contributed by atoms with Crippen LogP contribution in [0.15, 0.2) is 0 Å². The third-order valence-electron chi connectivity index (χ3n) is 2.69. The van der Waals surface area contributed by atoms with E-state index in [1.807, 2.05) is 0 Å². The molecule has 0 bridgehead atoms. The van der Waals surface area contributed by atoms with E-state index in [1.54, 1.807) is 0 Å². The minimum atomic E-state index is -0.807. The van der Waals surface area contributed by atoms with Crippen molar-refractivity contribution in [2.24, 2.45) is 0 Å². The largest absolute Gasteiger partial charge is 0.481 e. The Balaban J connectivity index is 3.46. The van der Waals surface area contributed by atoms with Gasteiger partial charge in [0.2, 0.25) is 0 Å². The zero-order chi connectivity index (χ0) is 12.4. The molecule has 0 radical (unpaired) electrons. The lowest BCUT2D eigenvalue weighted by atomic mass is 10.0. The quantitative estimate of drug-likeness (QED) is 0.503. The summed E-state index contributed by atoms with van der Waals surface area (Å²) in [5.74, 6) is -0.807. The topological polar surface area (TPSA) is 77.8 Å². The van der Waals surface area contributed by atoms with Gasteiger partial charge in [0.25, 0.3) is 0 Å². The van der Waals surface area contributed by atoms with Crippen molar-refractivity contribution < 1.29 is 20.1 Å². The Morgan fingerprint density at radius 1 is 1.00 bits per heavy atom. The van der Waals surface area contributed by atoms with E-state index >= 15 is 0 Å². The van der Waals surface area contributed by atoms with Gasteiger partial charge >= 0.3 is 5.97 Å². The molecule has 3 N–H and O–H groups in total. The average Bonchev–Trinajstić information content (AvgIpc) is 2.24. The Kier molecular flexibility index (Phi) is 9.24. The van der Waals surface area contributed by atoms with E-state index in [1.165, 1.54) is 0 Å². The van der Waals surface area contributed by atoms with Gasteiger partial charge in [-0.1, -0.05) is 32.6 Å². The van der Waals surface area contributed by atoms with E-state index in [9.17, 15) is 15.0 Å². The zero-order valence-electron chi connectivity index (χ0n) is 10.1. The van der Waals surface area contributed by atoms with Gasteiger partial charge < -0.3 is 15.3 Å². The van der Waals surface area contributed by atoms with Crippen LogP contribution in [0.25, 0.3) is 0 Å². The molecule has 0 spiro atoms. The summed E-state index contributed by atoms with van der Waals surface area (Å²) in [6, 6.07) is 0. The maximum Gasteiger partial charge on any atom is 0.303 e. The van der Waals surface area contributed by atoms with Gasteiger partial charge in [0.05, 0.1) is 12.2 Å². The fourth-order valence-corrected chi connectivity index (χ4v) is 1.62. The number of aliphatic hydroxyl groups excluding tert-OH is 2. The van der Waals surface area contributed by atoms with Crippen LogP contribution < -0.4 is 0 Å². The molecular formula is C12H24O4. The summed E-state index contributed by atoms with van der Waals surface area (Å²) in [7, 11) is 0. The van der Waals surface area contributed by atoms with Crippen molar-refractivity contribution in [3.63, 3.8) is 0 Å². The Hall–Kier alpha value is -0.610. The number of carboxylic acid groups (broad SMARTS) is 1. The second-order valence-electron chi connectivity index (χ2n) is 4.27. The van der Waals surface area contributed by atoms with Gasteiger partial charge in [-0.05, 0) is 19.3 Å². The van der Waals surface area contributed by atoms with Crippen LogP contribution in [0.2, 0.25) is 0 Å². The normalized spacial score (nSPS) is 14.7. The van der Waals surface area contributed by atoms with Gasteiger partial charge in [0.15, 0.2) is 0 Å². The van der Waals surface area contributed by atoms with Gasteiger partial charge in [-0.15, -0.1) is 0 Å². The van der Waals surface area contributed by atoms with Crippen LogP contribution in [0, 0.1) is 0 Å².